The molecule has 0 spiro atoms. The molecule has 15 heavy (non-hydrogen) atoms. The third-order valence-electron chi connectivity index (χ3n) is 1.78. The van der Waals surface area contributed by atoms with E-state index in [2.05, 4.69) is 4.74 Å². The van der Waals surface area contributed by atoms with Gasteiger partial charge in [-0.15, -0.1) is 0 Å². The van der Waals surface area contributed by atoms with E-state index in [1.807, 2.05) is 0 Å². The highest BCUT2D eigenvalue weighted by molar-refractivity contribution is 6.35. The first-order valence-corrected chi connectivity index (χ1v) is 4.66. The number of methoxy groups -OCH3 is 1. The Hall–Kier alpha value is -0.450. The summed E-state index contributed by atoms with van der Waals surface area (Å²) in [6, 6.07) is 3.78. The Morgan fingerprint density at radius 2 is 1.87 bits per heavy atom. The van der Waals surface area contributed by atoms with E-state index in [1.165, 1.54) is 18.2 Å². The average Bonchev–Trinajstić information content (AvgIpc) is 2.07. The van der Waals surface area contributed by atoms with Crippen LogP contribution in [0.3, 0.4) is 0 Å². The Morgan fingerprint density at radius 3 is 2.27 bits per heavy atom. The van der Waals surface area contributed by atoms with Crippen LogP contribution in [-0.4, -0.2) is 13.3 Å². The quantitative estimate of drug-likeness (QED) is 0.771. The maximum absolute atomic E-state index is 12.5. The Bertz CT molecular complexity index is 352. The van der Waals surface area contributed by atoms with Crippen molar-refractivity contribution in [3.05, 3.63) is 33.8 Å². The van der Waals surface area contributed by atoms with Crippen LogP contribution >= 0.6 is 23.2 Å². The summed E-state index contributed by atoms with van der Waals surface area (Å²) in [5.41, 5.74) is -0.143. The topological polar surface area (TPSA) is 9.23 Å². The summed E-state index contributed by atoms with van der Waals surface area (Å²) in [4.78, 5) is 0. The monoisotopic (exact) mass is 258 g/mol. The first-order chi connectivity index (χ1) is 6.86. The van der Waals surface area contributed by atoms with Crippen LogP contribution in [0.25, 0.3) is 0 Å². The van der Waals surface area contributed by atoms with Crippen LogP contribution in [0.15, 0.2) is 18.2 Å². The minimum absolute atomic E-state index is 0.0633. The number of alkyl halides is 3. The number of halogens is 5. The summed E-state index contributed by atoms with van der Waals surface area (Å²) in [6.07, 6.45) is -6.52. The highest BCUT2D eigenvalue weighted by atomic mass is 35.5. The van der Waals surface area contributed by atoms with Gasteiger partial charge in [-0.25, -0.2) is 0 Å². The zero-order chi connectivity index (χ0) is 11.6. The largest absolute Gasteiger partial charge is 0.418 e. The number of rotatable bonds is 2. The van der Waals surface area contributed by atoms with Gasteiger partial charge in [0.2, 0.25) is 0 Å². The van der Waals surface area contributed by atoms with Gasteiger partial charge in [0.05, 0.1) is 0 Å². The average molecular weight is 259 g/mol. The van der Waals surface area contributed by atoms with Crippen molar-refractivity contribution in [3.63, 3.8) is 0 Å². The molecule has 0 bridgehead atoms. The van der Waals surface area contributed by atoms with Crippen LogP contribution in [0, 0.1) is 0 Å². The smallest absolute Gasteiger partial charge is 0.367 e. The van der Waals surface area contributed by atoms with Crippen LogP contribution in [0.1, 0.15) is 11.7 Å². The highest BCUT2D eigenvalue weighted by Crippen LogP contribution is 2.39. The molecule has 0 saturated heterocycles. The van der Waals surface area contributed by atoms with Crippen molar-refractivity contribution in [3.8, 4) is 0 Å². The fourth-order valence-corrected chi connectivity index (χ4v) is 1.66. The predicted octanol–water partition coefficient (Wildman–Crippen LogP) is 4.24. The molecule has 1 atom stereocenters. The van der Waals surface area contributed by atoms with E-state index < -0.39 is 12.3 Å². The third kappa shape index (κ3) is 3.00. The molecule has 0 heterocycles. The molecule has 0 radical (unpaired) electrons. The normalized spacial score (nSPS) is 14.0. The van der Waals surface area contributed by atoms with Gasteiger partial charge in [0.25, 0.3) is 0 Å². The lowest BCUT2D eigenvalue weighted by atomic mass is 10.1. The van der Waals surface area contributed by atoms with Crippen LogP contribution in [0.2, 0.25) is 10.0 Å². The fourth-order valence-electron chi connectivity index (χ4n) is 1.15. The van der Waals surface area contributed by atoms with Crippen molar-refractivity contribution in [2.24, 2.45) is 0 Å². The summed E-state index contributed by atoms with van der Waals surface area (Å²) in [7, 11) is 0.975. The lowest BCUT2D eigenvalue weighted by Crippen LogP contribution is -2.22. The van der Waals surface area contributed by atoms with Crippen molar-refractivity contribution in [2.45, 2.75) is 12.3 Å². The molecule has 0 aliphatic heterocycles. The molecule has 1 aromatic carbocycles. The summed E-state index contributed by atoms with van der Waals surface area (Å²) in [5, 5.41) is 0.215. The van der Waals surface area contributed by atoms with Gasteiger partial charge < -0.3 is 4.74 Å². The SMILES string of the molecule is COC(c1ccc(Cl)cc1Cl)C(F)(F)F. The summed E-state index contributed by atoms with van der Waals surface area (Å²) < 4.78 is 41.8. The first kappa shape index (κ1) is 12.6. The highest BCUT2D eigenvalue weighted by Gasteiger charge is 2.42. The van der Waals surface area contributed by atoms with Crippen molar-refractivity contribution in [2.75, 3.05) is 7.11 Å². The molecule has 1 unspecified atom stereocenters. The second kappa shape index (κ2) is 4.60. The van der Waals surface area contributed by atoms with Crippen molar-refractivity contribution in [1.82, 2.24) is 0 Å². The van der Waals surface area contributed by atoms with E-state index in [4.69, 9.17) is 23.2 Å². The standard InChI is InChI=1S/C9H7Cl2F3O/c1-15-8(9(12,13)14)6-3-2-5(10)4-7(6)11/h2-4,8H,1H3. The van der Waals surface area contributed by atoms with Gasteiger partial charge in [-0.3, -0.25) is 0 Å². The fraction of sp³-hybridized carbons (Fsp3) is 0.333. The minimum atomic E-state index is -4.49. The maximum atomic E-state index is 12.5. The van der Waals surface area contributed by atoms with Gasteiger partial charge in [-0.2, -0.15) is 13.2 Å². The maximum Gasteiger partial charge on any atom is 0.418 e. The van der Waals surface area contributed by atoms with Crippen LogP contribution in [0.4, 0.5) is 13.2 Å². The zero-order valence-corrected chi connectivity index (χ0v) is 9.12. The number of hydrogen-bond donors (Lipinski definition) is 0. The molecule has 0 fully saturated rings. The van der Waals surface area contributed by atoms with E-state index in [1.54, 1.807) is 0 Å². The van der Waals surface area contributed by atoms with E-state index in [0.29, 0.717) is 0 Å². The lowest BCUT2D eigenvalue weighted by Gasteiger charge is -2.20. The second-order valence-electron chi connectivity index (χ2n) is 2.82. The van der Waals surface area contributed by atoms with Gasteiger partial charge in [-0.1, -0.05) is 29.3 Å². The van der Waals surface area contributed by atoms with E-state index in [9.17, 15) is 13.2 Å². The molecule has 0 saturated carbocycles. The van der Waals surface area contributed by atoms with E-state index in [0.717, 1.165) is 7.11 Å². The molecule has 6 heteroatoms. The Balaban J connectivity index is 3.13. The molecule has 1 aromatic rings. The first-order valence-electron chi connectivity index (χ1n) is 3.90. The predicted molar refractivity (Wildman–Crippen MR) is 52.3 cm³/mol. The Morgan fingerprint density at radius 1 is 1.27 bits per heavy atom. The zero-order valence-electron chi connectivity index (χ0n) is 7.61. The summed E-state index contributed by atoms with van der Waals surface area (Å²) >= 11 is 11.2. The lowest BCUT2D eigenvalue weighted by molar-refractivity contribution is -0.215. The van der Waals surface area contributed by atoms with E-state index in [-0.39, 0.29) is 15.6 Å². The minimum Gasteiger partial charge on any atom is -0.367 e. The molecule has 84 valence electrons. The number of benzene rings is 1. The van der Waals surface area contributed by atoms with Crippen LogP contribution in [0.5, 0.6) is 0 Å². The third-order valence-corrected chi connectivity index (χ3v) is 2.34. The Labute approximate surface area is 94.7 Å². The summed E-state index contributed by atoms with van der Waals surface area (Å²) in [6.45, 7) is 0. The van der Waals surface area contributed by atoms with Gasteiger partial charge in [-0.05, 0) is 12.1 Å². The molecular formula is C9H7Cl2F3O. The van der Waals surface area contributed by atoms with Gasteiger partial charge in [0.15, 0.2) is 6.10 Å². The van der Waals surface area contributed by atoms with Gasteiger partial charge in [0.1, 0.15) is 0 Å². The van der Waals surface area contributed by atoms with Gasteiger partial charge in [0, 0.05) is 22.7 Å². The van der Waals surface area contributed by atoms with Crippen LogP contribution < -0.4 is 0 Å². The van der Waals surface area contributed by atoms with Crippen molar-refractivity contribution >= 4 is 23.2 Å². The molecule has 0 aliphatic carbocycles. The van der Waals surface area contributed by atoms with Crippen molar-refractivity contribution < 1.29 is 17.9 Å². The molecule has 0 amide bonds. The molecule has 0 aromatic heterocycles. The Kier molecular flexibility index (Phi) is 3.87. The van der Waals surface area contributed by atoms with Crippen molar-refractivity contribution in [1.29, 1.82) is 0 Å². The molecule has 1 nitrogen and oxygen atoms in total. The molecule has 0 aliphatic rings. The van der Waals surface area contributed by atoms with Crippen LogP contribution in [-0.2, 0) is 4.74 Å². The molecule has 1 rings (SSSR count). The summed E-state index contributed by atoms with van der Waals surface area (Å²) in [5.74, 6) is 0. The number of ether oxygens (including phenoxy) is 1. The van der Waals surface area contributed by atoms with Gasteiger partial charge >= 0.3 is 6.18 Å². The van der Waals surface area contributed by atoms with E-state index >= 15 is 0 Å². The molecule has 0 N–H and O–H groups in total. The second-order valence-corrected chi connectivity index (χ2v) is 3.67. The number of hydrogen-bond acceptors (Lipinski definition) is 1. The molecular weight excluding hydrogens is 252 g/mol.